The van der Waals surface area contributed by atoms with E-state index in [-0.39, 0.29) is 23.5 Å². The molecule has 3 aliphatic rings. The van der Waals surface area contributed by atoms with E-state index >= 15 is 0 Å². The van der Waals surface area contributed by atoms with Crippen LogP contribution >= 0.6 is 0 Å². The van der Waals surface area contributed by atoms with Gasteiger partial charge in [0.15, 0.2) is 5.78 Å². The zero-order valence-electron chi connectivity index (χ0n) is 8.98. The maximum Gasteiger partial charge on any atom is 0.153 e. The molecule has 3 saturated heterocycles. The van der Waals surface area contributed by atoms with E-state index in [4.69, 9.17) is 0 Å². The van der Waals surface area contributed by atoms with Crippen LogP contribution in [0.1, 0.15) is 19.3 Å². The Balaban J connectivity index is 2.00. The van der Waals surface area contributed by atoms with Crippen molar-refractivity contribution in [2.75, 3.05) is 25.1 Å². The van der Waals surface area contributed by atoms with E-state index < -0.39 is 9.84 Å². The number of hydrogen-bond donors (Lipinski definition) is 0. The molecule has 0 aromatic rings. The van der Waals surface area contributed by atoms with Gasteiger partial charge in [-0.05, 0) is 32.4 Å². The van der Waals surface area contributed by atoms with Gasteiger partial charge in [0.2, 0.25) is 0 Å². The summed E-state index contributed by atoms with van der Waals surface area (Å²) in [7, 11) is -2.94. The molecule has 0 aliphatic carbocycles. The summed E-state index contributed by atoms with van der Waals surface area (Å²) in [6, 6.07) is -0.118. The van der Waals surface area contributed by atoms with Gasteiger partial charge in [0.1, 0.15) is 9.84 Å². The van der Waals surface area contributed by atoms with E-state index in [2.05, 4.69) is 4.90 Å². The molecule has 0 aromatic heterocycles. The topological polar surface area (TPSA) is 54.5 Å². The van der Waals surface area contributed by atoms with E-state index in [0.717, 1.165) is 25.9 Å². The summed E-state index contributed by atoms with van der Waals surface area (Å²) in [5, 5.41) is 0. The fourth-order valence-electron chi connectivity index (χ4n) is 2.60. The summed E-state index contributed by atoms with van der Waals surface area (Å²) >= 11 is 0. The van der Waals surface area contributed by atoms with E-state index in [9.17, 15) is 13.2 Å². The number of hydrogen-bond acceptors (Lipinski definition) is 4. The van der Waals surface area contributed by atoms with Crippen molar-refractivity contribution < 1.29 is 13.2 Å². The molecule has 1 unspecified atom stereocenters. The quantitative estimate of drug-likeness (QED) is 0.690. The summed E-state index contributed by atoms with van der Waals surface area (Å²) < 4.78 is 22.1. The average Bonchev–Trinajstić information content (AvgIpc) is 2.16. The van der Waals surface area contributed by atoms with Crippen molar-refractivity contribution in [2.24, 2.45) is 5.92 Å². The van der Waals surface area contributed by atoms with Crippen LogP contribution in [0.5, 0.6) is 0 Å². The summed E-state index contributed by atoms with van der Waals surface area (Å²) in [5.74, 6) is 0.614. The number of fused-ring (bicyclic) bond motifs is 3. The van der Waals surface area contributed by atoms with Gasteiger partial charge in [0, 0.05) is 12.2 Å². The summed E-state index contributed by atoms with van der Waals surface area (Å²) in [6.07, 6.45) is 3.64. The standard InChI is InChI=1S/C10H17NO3S/c1-15(13,14)7-4-9-10(12)8-2-5-11(9)6-3-8/h8-9H,2-7H2,1H3. The van der Waals surface area contributed by atoms with Crippen LogP contribution in [-0.2, 0) is 14.6 Å². The molecular formula is C10H17NO3S. The second kappa shape index (κ2) is 3.87. The number of Topliss-reactive ketones (excluding diaryl/α,β-unsaturated/α-hetero) is 1. The van der Waals surface area contributed by atoms with Crippen LogP contribution in [0.2, 0.25) is 0 Å². The Morgan fingerprint density at radius 1 is 1.33 bits per heavy atom. The SMILES string of the molecule is CS(=O)(=O)CCC1C(=O)C2CCN1CC2. The van der Waals surface area contributed by atoms with Crippen molar-refractivity contribution >= 4 is 15.6 Å². The normalized spacial score (nSPS) is 35.8. The fraction of sp³-hybridized carbons (Fsp3) is 0.900. The highest BCUT2D eigenvalue weighted by molar-refractivity contribution is 7.90. The first-order valence-electron chi connectivity index (χ1n) is 5.43. The number of carbonyl (C=O) groups is 1. The van der Waals surface area contributed by atoms with Crippen LogP contribution in [0.25, 0.3) is 0 Å². The minimum absolute atomic E-state index is 0.118. The molecule has 4 nitrogen and oxygen atoms in total. The van der Waals surface area contributed by atoms with Crippen LogP contribution in [0, 0.1) is 5.92 Å². The van der Waals surface area contributed by atoms with E-state index in [0.29, 0.717) is 6.42 Å². The fourth-order valence-corrected chi connectivity index (χ4v) is 3.25. The third-order valence-corrected chi connectivity index (χ3v) is 4.44. The molecule has 3 aliphatic heterocycles. The van der Waals surface area contributed by atoms with Crippen molar-refractivity contribution in [2.45, 2.75) is 25.3 Å². The van der Waals surface area contributed by atoms with Gasteiger partial charge < -0.3 is 0 Å². The van der Waals surface area contributed by atoms with Crippen molar-refractivity contribution in [3.05, 3.63) is 0 Å². The lowest BCUT2D eigenvalue weighted by Gasteiger charge is -2.44. The van der Waals surface area contributed by atoms with Crippen LogP contribution < -0.4 is 0 Å². The molecule has 0 spiro atoms. The second-order valence-electron chi connectivity index (χ2n) is 4.65. The van der Waals surface area contributed by atoms with Gasteiger partial charge in [-0.15, -0.1) is 0 Å². The lowest BCUT2D eigenvalue weighted by Crippen LogP contribution is -2.55. The highest BCUT2D eigenvalue weighted by Gasteiger charge is 2.40. The first-order valence-corrected chi connectivity index (χ1v) is 7.49. The minimum atomic E-state index is -2.94. The minimum Gasteiger partial charge on any atom is -0.298 e. The second-order valence-corrected chi connectivity index (χ2v) is 6.91. The molecule has 1 atom stereocenters. The maximum absolute atomic E-state index is 11.9. The molecule has 3 heterocycles. The van der Waals surface area contributed by atoms with Crippen LogP contribution in [0.15, 0.2) is 0 Å². The van der Waals surface area contributed by atoms with Crippen molar-refractivity contribution in [1.29, 1.82) is 0 Å². The summed E-state index contributed by atoms with van der Waals surface area (Å²) in [5.41, 5.74) is 0. The zero-order valence-corrected chi connectivity index (χ0v) is 9.79. The predicted molar refractivity (Wildman–Crippen MR) is 57.4 cm³/mol. The first kappa shape index (κ1) is 11.1. The lowest BCUT2D eigenvalue weighted by atomic mass is 9.81. The molecule has 5 heteroatoms. The van der Waals surface area contributed by atoms with Gasteiger partial charge in [0.25, 0.3) is 0 Å². The van der Waals surface area contributed by atoms with Gasteiger partial charge in [-0.25, -0.2) is 8.42 Å². The van der Waals surface area contributed by atoms with Crippen molar-refractivity contribution in [3.8, 4) is 0 Å². The molecule has 2 bridgehead atoms. The maximum atomic E-state index is 11.9. The Kier molecular flexibility index (Phi) is 2.85. The molecule has 0 aromatic carbocycles. The van der Waals surface area contributed by atoms with Crippen LogP contribution in [0.4, 0.5) is 0 Å². The number of piperidine rings is 3. The van der Waals surface area contributed by atoms with Crippen molar-refractivity contribution in [1.82, 2.24) is 4.90 Å². The van der Waals surface area contributed by atoms with Gasteiger partial charge in [-0.3, -0.25) is 9.69 Å². The largest absolute Gasteiger partial charge is 0.298 e. The van der Waals surface area contributed by atoms with E-state index in [1.54, 1.807) is 0 Å². The highest BCUT2D eigenvalue weighted by Crippen LogP contribution is 2.30. The number of rotatable bonds is 3. The Labute approximate surface area is 90.6 Å². The average molecular weight is 231 g/mol. The Bertz CT molecular complexity index is 355. The van der Waals surface area contributed by atoms with E-state index in [1.165, 1.54) is 6.26 Å². The number of ketones is 1. The lowest BCUT2D eigenvalue weighted by molar-refractivity contribution is -0.136. The molecule has 3 fully saturated rings. The Hall–Kier alpha value is -0.420. The molecule has 0 amide bonds. The van der Waals surface area contributed by atoms with Gasteiger partial charge >= 0.3 is 0 Å². The number of nitrogens with zero attached hydrogens (tertiary/aromatic N) is 1. The zero-order chi connectivity index (χ0) is 11.1. The van der Waals surface area contributed by atoms with Crippen LogP contribution in [-0.4, -0.2) is 50.2 Å². The van der Waals surface area contributed by atoms with Crippen LogP contribution in [0.3, 0.4) is 0 Å². The number of carbonyl (C=O) groups excluding carboxylic acids is 1. The van der Waals surface area contributed by atoms with Gasteiger partial charge in [-0.2, -0.15) is 0 Å². The smallest absolute Gasteiger partial charge is 0.153 e. The third-order valence-electron chi connectivity index (χ3n) is 3.46. The molecule has 15 heavy (non-hydrogen) atoms. The third kappa shape index (κ3) is 2.39. The molecule has 0 saturated carbocycles. The summed E-state index contributed by atoms with van der Waals surface area (Å²) in [4.78, 5) is 14.0. The van der Waals surface area contributed by atoms with Crippen molar-refractivity contribution in [3.63, 3.8) is 0 Å². The molecule has 3 rings (SSSR count). The molecule has 0 radical (unpaired) electrons. The Morgan fingerprint density at radius 3 is 2.40 bits per heavy atom. The number of sulfone groups is 1. The van der Waals surface area contributed by atoms with Gasteiger partial charge in [0.05, 0.1) is 11.8 Å². The first-order chi connectivity index (χ1) is 6.97. The Morgan fingerprint density at radius 2 is 1.93 bits per heavy atom. The molecular weight excluding hydrogens is 214 g/mol. The molecule has 86 valence electrons. The monoisotopic (exact) mass is 231 g/mol. The molecule has 0 N–H and O–H groups in total. The highest BCUT2D eigenvalue weighted by atomic mass is 32.2. The van der Waals surface area contributed by atoms with Gasteiger partial charge in [-0.1, -0.05) is 0 Å². The summed E-state index contributed by atoms with van der Waals surface area (Å²) in [6.45, 7) is 1.93. The predicted octanol–water partition coefficient (Wildman–Crippen LogP) is 0.0844. The van der Waals surface area contributed by atoms with E-state index in [1.807, 2.05) is 0 Å².